The lowest BCUT2D eigenvalue weighted by Crippen LogP contribution is -2.44. The van der Waals surface area contributed by atoms with Gasteiger partial charge in [0.05, 0.1) is 32.4 Å². The van der Waals surface area contributed by atoms with E-state index >= 15 is 0 Å². The van der Waals surface area contributed by atoms with E-state index in [9.17, 15) is 14.4 Å². The first-order valence-electron chi connectivity index (χ1n) is 11.2. The Bertz CT molecular complexity index is 785. The Morgan fingerprint density at radius 3 is 2.59 bits per heavy atom. The van der Waals surface area contributed by atoms with E-state index in [2.05, 4.69) is 5.32 Å². The van der Waals surface area contributed by atoms with E-state index in [0.29, 0.717) is 43.4 Å². The summed E-state index contributed by atoms with van der Waals surface area (Å²) in [4.78, 5) is 41.0. The lowest BCUT2D eigenvalue weighted by atomic mass is 9.98. The van der Waals surface area contributed by atoms with E-state index in [4.69, 9.17) is 14.2 Å². The number of anilines is 1. The molecular formula is C23H35N3O6. The number of carbonyl (C=O) groups is 3. The van der Waals surface area contributed by atoms with Crippen molar-refractivity contribution in [1.29, 1.82) is 0 Å². The molecule has 0 aliphatic carbocycles. The SMILES string of the molecule is CCCN(CCC(=O)N1CCCC(C(=O)OCC)C1)C(=O)Nc1ccc(OC)cc1OC. The lowest BCUT2D eigenvalue weighted by molar-refractivity contribution is -0.151. The number of nitrogens with zero attached hydrogens (tertiary/aromatic N) is 2. The summed E-state index contributed by atoms with van der Waals surface area (Å²) >= 11 is 0. The highest BCUT2D eigenvalue weighted by Crippen LogP contribution is 2.29. The van der Waals surface area contributed by atoms with E-state index in [1.807, 2.05) is 6.92 Å². The van der Waals surface area contributed by atoms with E-state index in [1.165, 1.54) is 7.11 Å². The van der Waals surface area contributed by atoms with Crippen LogP contribution in [0.4, 0.5) is 10.5 Å². The number of methoxy groups -OCH3 is 2. The molecule has 0 aromatic heterocycles. The molecule has 1 atom stereocenters. The Balaban J connectivity index is 1.95. The molecule has 32 heavy (non-hydrogen) atoms. The average Bonchev–Trinajstić information content (AvgIpc) is 2.81. The number of ether oxygens (including phenoxy) is 3. The fourth-order valence-electron chi connectivity index (χ4n) is 3.73. The van der Waals surface area contributed by atoms with Crippen LogP contribution < -0.4 is 14.8 Å². The zero-order valence-corrected chi connectivity index (χ0v) is 19.5. The second-order valence-corrected chi connectivity index (χ2v) is 7.66. The van der Waals surface area contributed by atoms with E-state index in [1.54, 1.807) is 42.0 Å². The number of hydrogen-bond donors (Lipinski definition) is 1. The zero-order chi connectivity index (χ0) is 23.5. The van der Waals surface area contributed by atoms with Crippen LogP contribution in [-0.4, -0.2) is 74.7 Å². The van der Waals surface area contributed by atoms with Crippen molar-refractivity contribution in [3.8, 4) is 11.5 Å². The molecule has 1 aromatic rings. The van der Waals surface area contributed by atoms with Gasteiger partial charge < -0.3 is 29.3 Å². The largest absolute Gasteiger partial charge is 0.497 e. The Labute approximate surface area is 190 Å². The van der Waals surface area contributed by atoms with Crippen molar-refractivity contribution in [2.24, 2.45) is 5.92 Å². The highest BCUT2D eigenvalue weighted by atomic mass is 16.5. The lowest BCUT2D eigenvalue weighted by Gasteiger charge is -2.32. The van der Waals surface area contributed by atoms with Crippen LogP contribution in [0.1, 0.15) is 39.5 Å². The fraction of sp³-hybridized carbons (Fsp3) is 0.609. The maximum Gasteiger partial charge on any atom is 0.321 e. The standard InChI is InChI=1S/C23H35N3O6/c1-5-12-25(23(29)24-19-10-9-18(30-3)15-20(19)31-4)14-11-21(27)26-13-7-8-17(16-26)22(28)32-6-2/h9-10,15,17H,5-8,11-14,16H2,1-4H3,(H,24,29). The number of urea groups is 1. The van der Waals surface area contributed by atoms with Gasteiger partial charge in [-0.2, -0.15) is 0 Å². The summed E-state index contributed by atoms with van der Waals surface area (Å²) in [6.07, 6.45) is 2.46. The summed E-state index contributed by atoms with van der Waals surface area (Å²) < 4.78 is 15.6. The van der Waals surface area contributed by atoms with Gasteiger partial charge in [0.15, 0.2) is 0 Å². The van der Waals surface area contributed by atoms with Gasteiger partial charge in [-0.25, -0.2) is 4.79 Å². The molecule has 9 heteroatoms. The smallest absolute Gasteiger partial charge is 0.321 e. The van der Waals surface area contributed by atoms with Gasteiger partial charge in [0, 0.05) is 38.7 Å². The summed E-state index contributed by atoms with van der Waals surface area (Å²) in [5.41, 5.74) is 0.527. The molecule has 1 aliphatic rings. The Morgan fingerprint density at radius 1 is 1.16 bits per heavy atom. The van der Waals surface area contributed by atoms with Gasteiger partial charge in [0.1, 0.15) is 11.5 Å². The zero-order valence-electron chi connectivity index (χ0n) is 19.5. The monoisotopic (exact) mass is 449 g/mol. The van der Waals surface area contributed by atoms with Crippen molar-refractivity contribution in [2.45, 2.75) is 39.5 Å². The molecule has 0 bridgehead atoms. The van der Waals surface area contributed by atoms with Gasteiger partial charge in [-0.1, -0.05) is 6.92 Å². The third-order valence-electron chi connectivity index (χ3n) is 5.42. The highest BCUT2D eigenvalue weighted by Gasteiger charge is 2.29. The maximum atomic E-state index is 12.9. The molecule has 178 valence electrons. The van der Waals surface area contributed by atoms with Crippen LogP contribution in [0.5, 0.6) is 11.5 Å². The summed E-state index contributed by atoms with van der Waals surface area (Å²) in [6.45, 7) is 5.89. The number of rotatable bonds is 10. The van der Waals surface area contributed by atoms with Crippen molar-refractivity contribution >= 4 is 23.6 Å². The Morgan fingerprint density at radius 2 is 1.94 bits per heavy atom. The molecule has 1 unspecified atom stereocenters. The number of amides is 3. The first kappa shape index (κ1) is 25.3. The number of esters is 1. The fourth-order valence-corrected chi connectivity index (χ4v) is 3.73. The molecule has 9 nitrogen and oxygen atoms in total. The topological polar surface area (TPSA) is 97.4 Å². The van der Waals surface area contributed by atoms with Crippen molar-refractivity contribution in [3.05, 3.63) is 18.2 Å². The van der Waals surface area contributed by atoms with E-state index in [-0.39, 0.29) is 36.8 Å². The van der Waals surface area contributed by atoms with Crippen molar-refractivity contribution in [1.82, 2.24) is 9.80 Å². The van der Waals surface area contributed by atoms with E-state index < -0.39 is 0 Å². The summed E-state index contributed by atoms with van der Waals surface area (Å²) in [5, 5.41) is 2.86. The molecule has 1 saturated heterocycles. The first-order valence-corrected chi connectivity index (χ1v) is 11.2. The van der Waals surface area contributed by atoms with Crippen molar-refractivity contribution in [3.63, 3.8) is 0 Å². The molecule has 1 aromatic carbocycles. The van der Waals surface area contributed by atoms with Crippen molar-refractivity contribution < 1.29 is 28.6 Å². The molecule has 0 saturated carbocycles. The van der Waals surface area contributed by atoms with Gasteiger partial charge in [-0.3, -0.25) is 9.59 Å². The molecular weight excluding hydrogens is 414 g/mol. The van der Waals surface area contributed by atoms with Crippen LogP contribution in [0.2, 0.25) is 0 Å². The van der Waals surface area contributed by atoms with Gasteiger partial charge in [-0.15, -0.1) is 0 Å². The highest BCUT2D eigenvalue weighted by molar-refractivity contribution is 5.91. The van der Waals surface area contributed by atoms with E-state index in [0.717, 1.165) is 19.3 Å². The summed E-state index contributed by atoms with van der Waals surface area (Å²) in [5.74, 6) is 0.535. The number of piperidine rings is 1. The average molecular weight is 450 g/mol. The number of nitrogens with one attached hydrogen (secondary N) is 1. The van der Waals surface area contributed by atoms with Crippen LogP contribution >= 0.6 is 0 Å². The second kappa shape index (κ2) is 12.8. The van der Waals surface area contributed by atoms with Crippen LogP contribution in [-0.2, 0) is 14.3 Å². The number of benzene rings is 1. The molecule has 1 N–H and O–H groups in total. The number of hydrogen-bond acceptors (Lipinski definition) is 6. The molecule has 1 heterocycles. The predicted octanol–water partition coefficient (Wildman–Crippen LogP) is 3.14. The van der Waals surface area contributed by atoms with Gasteiger partial charge >= 0.3 is 12.0 Å². The summed E-state index contributed by atoms with van der Waals surface area (Å²) in [6, 6.07) is 4.85. The number of carbonyl (C=O) groups excluding carboxylic acids is 3. The maximum absolute atomic E-state index is 12.9. The van der Waals surface area contributed by atoms with Crippen LogP contribution in [0.25, 0.3) is 0 Å². The molecule has 3 amide bonds. The quantitative estimate of drug-likeness (QED) is 0.551. The second-order valence-electron chi connectivity index (χ2n) is 7.66. The van der Waals surface area contributed by atoms with Gasteiger partial charge in [0.25, 0.3) is 0 Å². The van der Waals surface area contributed by atoms with Crippen LogP contribution in [0.3, 0.4) is 0 Å². The van der Waals surface area contributed by atoms with Crippen LogP contribution in [0.15, 0.2) is 18.2 Å². The minimum absolute atomic E-state index is 0.0603. The van der Waals surface area contributed by atoms with Crippen molar-refractivity contribution in [2.75, 3.05) is 52.3 Å². The number of likely N-dealkylation sites (tertiary alicyclic amines) is 1. The molecule has 2 rings (SSSR count). The molecule has 0 spiro atoms. The minimum Gasteiger partial charge on any atom is -0.497 e. The molecule has 0 radical (unpaired) electrons. The first-order chi connectivity index (χ1) is 15.4. The predicted molar refractivity (Wildman–Crippen MR) is 121 cm³/mol. The molecule has 1 fully saturated rings. The summed E-state index contributed by atoms with van der Waals surface area (Å²) in [7, 11) is 3.08. The van der Waals surface area contributed by atoms with Gasteiger partial charge in [-0.05, 0) is 38.3 Å². The minimum atomic E-state index is -0.300. The third kappa shape index (κ3) is 7.03. The Hall–Kier alpha value is -2.97. The molecule has 1 aliphatic heterocycles. The van der Waals surface area contributed by atoms with Crippen LogP contribution in [0, 0.1) is 5.92 Å². The normalized spacial score (nSPS) is 15.6. The Kier molecular flexibility index (Phi) is 10.1. The third-order valence-corrected chi connectivity index (χ3v) is 5.42. The van der Waals surface area contributed by atoms with Gasteiger partial charge in [0.2, 0.25) is 5.91 Å².